The van der Waals surface area contributed by atoms with Gasteiger partial charge < -0.3 is 11.1 Å². The molecule has 0 fully saturated rings. The summed E-state index contributed by atoms with van der Waals surface area (Å²) in [6.45, 7) is 5.02. The molecule has 1 heterocycles. The van der Waals surface area contributed by atoms with Crippen molar-refractivity contribution >= 4 is 35.6 Å². The predicted octanol–water partition coefficient (Wildman–Crippen LogP) is 3.87. The Bertz CT molecular complexity index is 570. The van der Waals surface area contributed by atoms with Gasteiger partial charge in [-0.05, 0) is 29.7 Å². The van der Waals surface area contributed by atoms with Crippen molar-refractivity contribution in [3.05, 3.63) is 60.4 Å². The van der Waals surface area contributed by atoms with Crippen LogP contribution >= 0.6 is 24.0 Å². The van der Waals surface area contributed by atoms with Gasteiger partial charge >= 0.3 is 0 Å². The summed E-state index contributed by atoms with van der Waals surface area (Å²) in [5, 5.41) is 3.10. The molecule has 0 radical (unpaired) electrons. The lowest BCUT2D eigenvalue weighted by molar-refractivity contribution is 0.506. The highest BCUT2D eigenvalue weighted by Gasteiger charge is 2.15. The van der Waals surface area contributed by atoms with E-state index in [4.69, 9.17) is 5.73 Å². The number of benzene rings is 1. The summed E-state index contributed by atoms with van der Waals surface area (Å²) in [7, 11) is 0. The van der Waals surface area contributed by atoms with Crippen molar-refractivity contribution in [3.63, 3.8) is 0 Å². The molecule has 1 aromatic heterocycles. The van der Waals surface area contributed by atoms with E-state index < -0.39 is 0 Å². The van der Waals surface area contributed by atoms with Crippen molar-refractivity contribution in [1.29, 1.82) is 0 Å². The molecule has 0 amide bonds. The van der Waals surface area contributed by atoms with Crippen molar-refractivity contribution in [2.45, 2.75) is 19.8 Å². The maximum absolute atomic E-state index is 5.96. The number of hydrogen-bond acceptors (Lipinski definition) is 2. The first-order chi connectivity index (χ1) is 10.2. The third-order valence-electron chi connectivity index (χ3n) is 3.42. The number of nitrogens with zero attached hydrogens (tertiary/aromatic N) is 2. The molecule has 0 saturated carbocycles. The van der Waals surface area contributed by atoms with Crippen LogP contribution in [0.2, 0.25) is 0 Å². The van der Waals surface area contributed by atoms with Crippen molar-refractivity contribution in [3.8, 4) is 0 Å². The van der Waals surface area contributed by atoms with Crippen LogP contribution in [-0.2, 0) is 0 Å². The Kier molecular flexibility index (Phi) is 7.87. The van der Waals surface area contributed by atoms with E-state index in [9.17, 15) is 0 Å². The molecule has 0 aliphatic heterocycles. The molecule has 0 aliphatic rings. The quantitative estimate of drug-likeness (QED) is 0.447. The van der Waals surface area contributed by atoms with Crippen LogP contribution < -0.4 is 11.1 Å². The number of hydrogen-bond donors (Lipinski definition) is 2. The van der Waals surface area contributed by atoms with Gasteiger partial charge in [0.15, 0.2) is 5.96 Å². The molecule has 1 aromatic carbocycles. The zero-order valence-corrected chi connectivity index (χ0v) is 15.3. The van der Waals surface area contributed by atoms with Crippen LogP contribution in [0.1, 0.15) is 25.3 Å². The van der Waals surface area contributed by atoms with Gasteiger partial charge in [0.2, 0.25) is 0 Å². The first-order valence-electron chi connectivity index (χ1n) is 7.18. The molecule has 3 N–H and O–H groups in total. The molecule has 0 aliphatic carbocycles. The monoisotopic (exact) mass is 410 g/mol. The third kappa shape index (κ3) is 5.63. The zero-order chi connectivity index (χ0) is 15.1. The van der Waals surface area contributed by atoms with E-state index >= 15 is 0 Å². The Morgan fingerprint density at radius 2 is 1.91 bits per heavy atom. The van der Waals surface area contributed by atoms with Gasteiger partial charge in [0.25, 0.3) is 0 Å². The van der Waals surface area contributed by atoms with Gasteiger partial charge in [0.05, 0.1) is 0 Å². The minimum absolute atomic E-state index is 0. The Morgan fingerprint density at radius 3 is 2.50 bits per heavy atom. The van der Waals surface area contributed by atoms with Crippen molar-refractivity contribution in [2.24, 2.45) is 16.6 Å². The van der Waals surface area contributed by atoms with Gasteiger partial charge in [-0.3, -0.25) is 9.98 Å². The number of anilines is 1. The van der Waals surface area contributed by atoms with Gasteiger partial charge in [-0.1, -0.05) is 38.1 Å². The number of nitrogens with one attached hydrogen (secondary N) is 1. The lowest BCUT2D eigenvalue weighted by Crippen LogP contribution is -2.24. The van der Waals surface area contributed by atoms with Crippen LogP contribution in [0.4, 0.5) is 5.69 Å². The molecular weight excluding hydrogens is 387 g/mol. The summed E-state index contributed by atoms with van der Waals surface area (Å²) in [6.07, 6.45) is 3.69. The fourth-order valence-corrected chi connectivity index (χ4v) is 2.20. The fraction of sp³-hybridized carbons (Fsp3) is 0.294. The maximum Gasteiger partial charge on any atom is 0.193 e. The van der Waals surface area contributed by atoms with Crippen LogP contribution in [-0.4, -0.2) is 17.5 Å². The van der Waals surface area contributed by atoms with E-state index in [2.05, 4.69) is 35.2 Å². The van der Waals surface area contributed by atoms with Crippen LogP contribution in [0, 0.1) is 5.92 Å². The van der Waals surface area contributed by atoms with Gasteiger partial charge in [0.1, 0.15) is 0 Å². The normalized spacial score (nSPS) is 12.6. The van der Waals surface area contributed by atoms with Gasteiger partial charge in [-0.25, -0.2) is 0 Å². The van der Waals surface area contributed by atoms with Crippen molar-refractivity contribution in [1.82, 2.24) is 4.98 Å². The number of guanidine groups is 1. The van der Waals surface area contributed by atoms with E-state index in [1.165, 1.54) is 5.56 Å². The molecule has 2 rings (SSSR count). The Balaban J connectivity index is 0.00000242. The molecule has 0 saturated heterocycles. The average molecular weight is 410 g/mol. The molecular formula is C17H23IN4. The van der Waals surface area contributed by atoms with E-state index in [1.807, 2.05) is 42.6 Å². The molecule has 1 unspecified atom stereocenters. The zero-order valence-electron chi connectivity index (χ0n) is 12.9. The fourth-order valence-electron chi connectivity index (χ4n) is 2.20. The molecule has 22 heavy (non-hydrogen) atoms. The highest BCUT2D eigenvalue weighted by Crippen LogP contribution is 2.23. The summed E-state index contributed by atoms with van der Waals surface area (Å²) in [5.41, 5.74) is 8.10. The summed E-state index contributed by atoms with van der Waals surface area (Å²) in [6, 6.07) is 13.9. The molecule has 0 bridgehead atoms. The number of halogens is 1. The molecule has 118 valence electrons. The highest BCUT2D eigenvalue weighted by molar-refractivity contribution is 14.0. The van der Waals surface area contributed by atoms with Crippen molar-refractivity contribution < 1.29 is 0 Å². The van der Waals surface area contributed by atoms with Gasteiger partial charge in [-0.15, -0.1) is 24.0 Å². The highest BCUT2D eigenvalue weighted by atomic mass is 127. The summed E-state index contributed by atoms with van der Waals surface area (Å²) in [5.74, 6) is 1.23. The van der Waals surface area contributed by atoms with Crippen molar-refractivity contribution in [2.75, 3.05) is 11.9 Å². The molecule has 4 nitrogen and oxygen atoms in total. The molecule has 1 atom stereocenters. The topological polar surface area (TPSA) is 63.3 Å². The Hall–Kier alpha value is -1.63. The van der Waals surface area contributed by atoms with Crippen LogP contribution in [0.5, 0.6) is 0 Å². The molecule has 2 aromatic rings. The second-order valence-electron chi connectivity index (χ2n) is 5.35. The SMILES string of the molecule is CC(C)C(CN=C(N)Nc1ccccc1)c1cccnc1.I. The second-order valence-corrected chi connectivity index (χ2v) is 5.35. The van der Waals surface area contributed by atoms with Gasteiger partial charge in [0, 0.05) is 30.5 Å². The number of nitrogens with two attached hydrogens (primary N) is 1. The largest absolute Gasteiger partial charge is 0.370 e. The number of aromatic nitrogens is 1. The standard InChI is InChI=1S/C17H22N4.HI/c1-13(2)16(14-7-6-10-19-11-14)12-20-17(18)21-15-8-4-3-5-9-15;/h3-11,13,16H,12H2,1-2H3,(H3,18,20,21);1H. The first-order valence-corrected chi connectivity index (χ1v) is 7.18. The lowest BCUT2D eigenvalue weighted by atomic mass is 9.89. The van der Waals surface area contributed by atoms with Gasteiger partial charge in [-0.2, -0.15) is 0 Å². The minimum atomic E-state index is 0. The van der Waals surface area contributed by atoms with Crippen LogP contribution in [0.15, 0.2) is 59.9 Å². The van der Waals surface area contributed by atoms with E-state index in [-0.39, 0.29) is 24.0 Å². The number of aliphatic imine (C=N–C) groups is 1. The first kappa shape index (κ1) is 18.4. The molecule has 5 heteroatoms. The van der Waals surface area contributed by atoms with Crippen LogP contribution in [0.3, 0.4) is 0 Å². The van der Waals surface area contributed by atoms with Crippen LogP contribution in [0.25, 0.3) is 0 Å². The maximum atomic E-state index is 5.96. The summed E-state index contributed by atoms with van der Waals surface area (Å²) in [4.78, 5) is 8.66. The minimum Gasteiger partial charge on any atom is -0.370 e. The predicted molar refractivity (Wildman–Crippen MR) is 104 cm³/mol. The Labute approximate surface area is 149 Å². The summed E-state index contributed by atoms with van der Waals surface area (Å²) < 4.78 is 0. The smallest absolute Gasteiger partial charge is 0.193 e. The average Bonchev–Trinajstić information content (AvgIpc) is 2.49. The molecule has 0 spiro atoms. The number of pyridine rings is 1. The lowest BCUT2D eigenvalue weighted by Gasteiger charge is -2.19. The summed E-state index contributed by atoms with van der Waals surface area (Å²) >= 11 is 0. The third-order valence-corrected chi connectivity index (χ3v) is 3.42. The van der Waals surface area contributed by atoms with E-state index in [0.717, 1.165) is 5.69 Å². The number of rotatable bonds is 5. The Morgan fingerprint density at radius 1 is 1.18 bits per heavy atom. The second kappa shape index (κ2) is 9.40. The van der Waals surface area contributed by atoms with E-state index in [1.54, 1.807) is 6.20 Å². The van der Waals surface area contributed by atoms with E-state index in [0.29, 0.717) is 24.3 Å². The number of para-hydroxylation sites is 1.